The third kappa shape index (κ3) is 3.49. The fourth-order valence-corrected chi connectivity index (χ4v) is 2.42. The van der Waals surface area contributed by atoms with E-state index < -0.39 is 0 Å². The minimum absolute atomic E-state index is 0.734. The molecule has 1 heterocycles. The van der Waals surface area contributed by atoms with Gasteiger partial charge in [0.1, 0.15) is 0 Å². The molecular formula is C10H22N2S. The molecule has 1 N–H and O–H groups in total. The monoisotopic (exact) mass is 202 g/mol. The molecule has 1 aliphatic heterocycles. The van der Waals surface area contributed by atoms with Gasteiger partial charge in [-0.1, -0.05) is 0 Å². The Hall–Kier alpha value is 0.270. The topological polar surface area (TPSA) is 15.3 Å². The lowest BCUT2D eigenvalue weighted by Gasteiger charge is -2.30. The van der Waals surface area contributed by atoms with Crippen LogP contribution in [0.1, 0.15) is 19.8 Å². The molecule has 1 rings (SSSR count). The second-order valence-electron chi connectivity index (χ2n) is 3.94. The van der Waals surface area contributed by atoms with Gasteiger partial charge in [-0.15, -0.1) is 0 Å². The molecule has 0 bridgehead atoms. The average Bonchev–Trinajstić information content (AvgIpc) is 2.65. The van der Waals surface area contributed by atoms with Crippen LogP contribution in [0.5, 0.6) is 0 Å². The highest BCUT2D eigenvalue weighted by Crippen LogP contribution is 2.13. The Balaban J connectivity index is 2.23. The molecule has 1 aliphatic rings. The molecule has 2 unspecified atom stereocenters. The lowest BCUT2D eigenvalue weighted by Crippen LogP contribution is -2.40. The van der Waals surface area contributed by atoms with Crippen molar-refractivity contribution in [1.82, 2.24) is 10.2 Å². The predicted octanol–water partition coefficient (Wildman–Crippen LogP) is 1.42. The van der Waals surface area contributed by atoms with Crippen molar-refractivity contribution in [3.63, 3.8) is 0 Å². The normalized spacial score (nSPS) is 25.4. The molecule has 1 saturated heterocycles. The number of rotatable bonds is 5. The van der Waals surface area contributed by atoms with Gasteiger partial charge in [0, 0.05) is 18.6 Å². The summed E-state index contributed by atoms with van der Waals surface area (Å²) in [4.78, 5) is 2.54. The molecule has 0 aromatic heterocycles. The van der Waals surface area contributed by atoms with E-state index in [2.05, 4.69) is 30.4 Å². The Labute approximate surface area is 86.5 Å². The molecule has 13 heavy (non-hydrogen) atoms. The van der Waals surface area contributed by atoms with Crippen molar-refractivity contribution in [3.8, 4) is 0 Å². The van der Waals surface area contributed by atoms with Gasteiger partial charge in [0.15, 0.2) is 0 Å². The first-order chi connectivity index (χ1) is 6.25. The van der Waals surface area contributed by atoms with Gasteiger partial charge in [0.25, 0.3) is 0 Å². The van der Waals surface area contributed by atoms with Crippen molar-refractivity contribution >= 4 is 11.8 Å². The van der Waals surface area contributed by atoms with E-state index in [9.17, 15) is 0 Å². The number of hydrogen-bond acceptors (Lipinski definition) is 3. The van der Waals surface area contributed by atoms with Crippen molar-refractivity contribution in [2.75, 3.05) is 32.1 Å². The SMILES string of the molecule is CSCCC(C)N(C)C1CCNC1. The fourth-order valence-electron chi connectivity index (χ4n) is 1.84. The van der Waals surface area contributed by atoms with Gasteiger partial charge >= 0.3 is 0 Å². The van der Waals surface area contributed by atoms with Crippen molar-refractivity contribution < 1.29 is 0 Å². The van der Waals surface area contributed by atoms with Crippen LogP contribution in [-0.2, 0) is 0 Å². The molecule has 0 spiro atoms. The highest BCUT2D eigenvalue weighted by molar-refractivity contribution is 7.98. The molecule has 2 atom stereocenters. The molecule has 2 nitrogen and oxygen atoms in total. The number of nitrogens with one attached hydrogen (secondary N) is 1. The molecule has 0 aliphatic carbocycles. The molecule has 0 amide bonds. The van der Waals surface area contributed by atoms with Gasteiger partial charge in [0.05, 0.1) is 0 Å². The second-order valence-corrected chi connectivity index (χ2v) is 4.93. The highest BCUT2D eigenvalue weighted by Gasteiger charge is 2.22. The Morgan fingerprint density at radius 3 is 2.92 bits per heavy atom. The third-order valence-corrected chi connectivity index (χ3v) is 3.69. The zero-order valence-corrected chi connectivity index (χ0v) is 9.86. The van der Waals surface area contributed by atoms with E-state index >= 15 is 0 Å². The van der Waals surface area contributed by atoms with Crippen LogP contribution in [0.2, 0.25) is 0 Å². The Morgan fingerprint density at radius 1 is 1.62 bits per heavy atom. The van der Waals surface area contributed by atoms with Gasteiger partial charge in [-0.2, -0.15) is 11.8 Å². The first kappa shape index (κ1) is 11.3. The van der Waals surface area contributed by atoms with Crippen molar-refractivity contribution in [2.45, 2.75) is 31.8 Å². The standard InChI is InChI=1S/C10H22N2S/c1-9(5-7-13-3)12(2)10-4-6-11-8-10/h9-11H,4-8H2,1-3H3. The summed E-state index contributed by atoms with van der Waals surface area (Å²) in [6, 6.07) is 1.51. The van der Waals surface area contributed by atoms with Crippen LogP contribution in [0.3, 0.4) is 0 Å². The lowest BCUT2D eigenvalue weighted by atomic mass is 10.1. The van der Waals surface area contributed by atoms with Crippen LogP contribution in [0, 0.1) is 0 Å². The summed E-state index contributed by atoms with van der Waals surface area (Å²) in [7, 11) is 2.27. The smallest absolute Gasteiger partial charge is 0.0232 e. The van der Waals surface area contributed by atoms with E-state index in [1.165, 1.54) is 31.7 Å². The van der Waals surface area contributed by atoms with Crippen LogP contribution in [0.15, 0.2) is 0 Å². The van der Waals surface area contributed by atoms with Gasteiger partial charge in [-0.05, 0) is 45.4 Å². The molecule has 0 aromatic rings. The summed E-state index contributed by atoms with van der Waals surface area (Å²) < 4.78 is 0. The van der Waals surface area contributed by atoms with Crippen molar-refractivity contribution in [1.29, 1.82) is 0 Å². The number of nitrogens with zero attached hydrogens (tertiary/aromatic N) is 1. The summed E-state index contributed by atoms with van der Waals surface area (Å²) in [6.45, 7) is 4.72. The number of likely N-dealkylation sites (N-methyl/N-ethyl adjacent to an activating group) is 1. The molecule has 0 radical (unpaired) electrons. The zero-order chi connectivity index (χ0) is 9.68. The van der Waals surface area contributed by atoms with Crippen LogP contribution in [0.4, 0.5) is 0 Å². The Morgan fingerprint density at radius 2 is 2.38 bits per heavy atom. The summed E-state index contributed by atoms with van der Waals surface area (Å²) in [5, 5.41) is 3.42. The molecular weight excluding hydrogens is 180 g/mol. The summed E-state index contributed by atoms with van der Waals surface area (Å²) >= 11 is 1.95. The van der Waals surface area contributed by atoms with Crippen molar-refractivity contribution in [3.05, 3.63) is 0 Å². The van der Waals surface area contributed by atoms with Gasteiger partial charge in [0.2, 0.25) is 0 Å². The Bertz CT molecular complexity index is 135. The van der Waals surface area contributed by atoms with Gasteiger partial charge in [-0.3, -0.25) is 4.90 Å². The number of thioether (sulfide) groups is 1. The van der Waals surface area contributed by atoms with E-state index in [1.807, 2.05) is 11.8 Å². The zero-order valence-electron chi connectivity index (χ0n) is 9.05. The van der Waals surface area contributed by atoms with E-state index in [-0.39, 0.29) is 0 Å². The third-order valence-electron chi connectivity index (χ3n) is 3.05. The minimum atomic E-state index is 0.734. The quantitative estimate of drug-likeness (QED) is 0.726. The maximum atomic E-state index is 3.42. The van der Waals surface area contributed by atoms with Crippen LogP contribution in [0.25, 0.3) is 0 Å². The molecule has 0 aromatic carbocycles. The minimum Gasteiger partial charge on any atom is -0.315 e. The lowest BCUT2D eigenvalue weighted by molar-refractivity contribution is 0.192. The van der Waals surface area contributed by atoms with Gasteiger partial charge in [-0.25, -0.2) is 0 Å². The van der Waals surface area contributed by atoms with Crippen molar-refractivity contribution in [2.24, 2.45) is 0 Å². The van der Waals surface area contributed by atoms with E-state index in [0.717, 1.165) is 12.1 Å². The van der Waals surface area contributed by atoms with E-state index in [4.69, 9.17) is 0 Å². The first-order valence-corrected chi connectivity index (χ1v) is 6.56. The highest BCUT2D eigenvalue weighted by atomic mass is 32.2. The van der Waals surface area contributed by atoms with E-state index in [0.29, 0.717) is 0 Å². The first-order valence-electron chi connectivity index (χ1n) is 5.17. The maximum absolute atomic E-state index is 3.42. The molecule has 3 heteroatoms. The summed E-state index contributed by atoms with van der Waals surface area (Å²) in [5.74, 6) is 1.28. The largest absolute Gasteiger partial charge is 0.315 e. The second kappa shape index (κ2) is 5.89. The van der Waals surface area contributed by atoms with E-state index in [1.54, 1.807) is 0 Å². The average molecular weight is 202 g/mol. The van der Waals surface area contributed by atoms with Crippen LogP contribution in [-0.4, -0.2) is 49.1 Å². The maximum Gasteiger partial charge on any atom is 0.0232 e. The summed E-state index contributed by atoms with van der Waals surface area (Å²) in [6.07, 6.45) is 4.82. The summed E-state index contributed by atoms with van der Waals surface area (Å²) in [5.41, 5.74) is 0. The molecule has 0 saturated carbocycles. The molecule has 1 fully saturated rings. The fraction of sp³-hybridized carbons (Fsp3) is 1.00. The van der Waals surface area contributed by atoms with Crippen LogP contribution >= 0.6 is 11.8 Å². The van der Waals surface area contributed by atoms with Crippen LogP contribution < -0.4 is 5.32 Å². The predicted molar refractivity (Wildman–Crippen MR) is 61.5 cm³/mol. The van der Waals surface area contributed by atoms with Gasteiger partial charge < -0.3 is 5.32 Å². The Kier molecular flexibility index (Phi) is 5.14. The molecule has 78 valence electrons. The number of hydrogen-bond donors (Lipinski definition) is 1.